The summed E-state index contributed by atoms with van der Waals surface area (Å²) >= 11 is 0. The molecular formula is C12H15O. The van der Waals surface area contributed by atoms with Gasteiger partial charge in [0.25, 0.3) is 0 Å². The molecule has 0 spiro atoms. The molecule has 1 saturated carbocycles. The first-order chi connectivity index (χ1) is 6.36. The van der Waals surface area contributed by atoms with Crippen molar-refractivity contribution in [2.24, 2.45) is 0 Å². The summed E-state index contributed by atoms with van der Waals surface area (Å²) in [5.74, 6) is 0.664. The summed E-state index contributed by atoms with van der Waals surface area (Å²) in [4.78, 5) is 0. The Hall–Kier alpha value is -0.820. The van der Waals surface area contributed by atoms with Gasteiger partial charge in [0, 0.05) is 0 Å². The Balaban J connectivity index is 2.03. The van der Waals surface area contributed by atoms with Crippen molar-refractivity contribution >= 4 is 0 Å². The first-order valence-electron chi connectivity index (χ1n) is 4.95. The maximum atomic E-state index is 9.29. The molecule has 0 atom stereocenters. The van der Waals surface area contributed by atoms with Crippen LogP contribution >= 0.6 is 0 Å². The Morgan fingerprint density at radius 1 is 1.00 bits per heavy atom. The minimum absolute atomic E-state index is 0.664. The molecule has 0 aromatic heterocycles. The molecule has 0 bridgehead atoms. The molecule has 1 radical (unpaired) electrons. The zero-order valence-electron chi connectivity index (χ0n) is 7.74. The molecule has 0 aliphatic heterocycles. The van der Waals surface area contributed by atoms with Gasteiger partial charge in [-0.05, 0) is 37.2 Å². The largest absolute Gasteiger partial charge is 0.387 e. The van der Waals surface area contributed by atoms with Crippen LogP contribution in [0.1, 0.15) is 37.2 Å². The van der Waals surface area contributed by atoms with E-state index in [1.165, 1.54) is 5.56 Å². The number of benzene rings is 1. The van der Waals surface area contributed by atoms with Crippen molar-refractivity contribution < 1.29 is 5.11 Å². The molecule has 1 N–H and O–H groups in total. The lowest BCUT2D eigenvalue weighted by Gasteiger charge is -2.24. The summed E-state index contributed by atoms with van der Waals surface area (Å²) in [6.45, 7) is 0. The van der Waals surface area contributed by atoms with Crippen LogP contribution < -0.4 is 0 Å². The molecule has 0 amide bonds. The van der Waals surface area contributed by atoms with Gasteiger partial charge in [-0.2, -0.15) is 0 Å². The summed E-state index contributed by atoms with van der Waals surface area (Å²) in [6, 6.07) is 10.6. The fourth-order valence-corrected chi connectivity index (χ4v) is 2.01. The molecule has 0 unspecified atom stereocenters. The molecule has 1 aromatic carbocycles. The highest BCUT2D eigenvalue weighted by molar-refractivity contribution is 5.20. The van der Waals surface area contributed by atoms with Crippen LogP contribution in [0.15, 0.2) is 30.3 Å². The van der Waals surface area contributed by atoms with Crippen LogP contribution in [-0.4, -0.2) is 5.11 Å². The van der Waals surface area contributed by atoms with Crippen molar-refractivity contribution in [1.29, 1.82) is 0 Å². The SMILES string of the molecule is O[C]1CCC(c2ccccc2)CC1. The van der Waals surface area contributed by atoms with E-state index in [4.69, 9.17) is 0 Å². The van der Waals surface area contributed by atoms with Crippen molar-refractivity contribution in [3.8, 4) is 0 Å². The molecule has 2 rings (SSSR count). The number of aliphatic hydroxyl groups excluding tert-OH is 1. The second-order valence-electron chi connectivity index (χ2n) is 3.75. The van der Waals surface area contributed by atoms with Gasteiger partial charge < -0.3 is 5.11 Å². The fourth-order valence-electron chi connectivity index (χ4n) is 2.01. The van der Waals surface area contributed by atoms with E-state index < -0.39 is 0 Å². The minimum atomic E-state index is 0.664. The summed E-state index contributed by atoms with van der Waals surface area (Å²) in [6.07, 6.45) is 4.68. The first-order valence-corrected chi connectivity index (χ1v) is 4.95. The minimum Gasteiger partial charge on any atom is -0.387 e. The number of aliphatic hydroxyl groups is 1. The lowest BCUT2D eigenvalue weighted by Crippen LogP contribution is -2.10. The Morgan fingerprint density at radius 3 is 2.23 bits per heavy atom. The standard InChI is InChI=1S/C12H15O/c13-12-8-6-11(7-9-12)10-4-2-1-3-5-10/h1-5,11,13H,6-9H2. The lowest BCUT2D eigenvalue weighted by atomic mass is 9.83. The number of hydrogen-bond donors (Lipinski definition) is 1. The molecule has 1 aromatic rings. The third-order valence-corrected chi connectivity index (χ3v) is 2.83. The predicted molar refractivity (Wildman–Crippen MR) is 52.8 cm³/mol. The molecule has 0 saturated heterocycles. The molecule has 1 heteroatoms. The molecule has 1 aliphatic rings. The monoisotopic (exact) mass is 175 g/mol. The van der Waals surface area contributed by atoms with E-state index in [1.54, 1.807) is 0 Å². The Labute approximate surface area is 79.4 Å². The number of rotatable bonds is 1. The maximum absolute atomic E-state index is 9.29. The molecular weight excluding hydrogens is 160 g/mol. The van der Waals surface area contributed by atoms with E-state index in [1.807, 2.05) is 0 Å². The van der Waals surface area contributed by atoms with E-state index in [0.29, 0.717) is 12.0 Å². The van der Waals surface area contributed by atoms with Crippen LogP contribution in [0, 0.1) is 6.10 Å². The average Bonchev–Trinajstić information content (AvgIpc) is 2.20. The van der Waals surface area contributed by atoms with Crippen LogP contribution in [0.25, 0.3) is 0 Å². The third kappa shape index (κ3) is 2.10. The summed E-state index contributed by atoms with van der Waals surface area (Å²) in [5, 5.41) is 9.29. The van der Waals surface area contributed by atoms with Crippen molar-refractivity contribution in [3.05, 3.63) is 42.0 Å². The fraction of sp³-hybridized carbons (Fsp3) is 0.417. The van der Waals surface area contributed by atoms with Gasteiger partial charge in [-0.1, -0.05) is 30.3 Å². The van der Waals surface area contributed by atoms with Gasteiger partial charge in [0.05, 0.1) is 6.10 Å². The molecule has 0 heterocycles. The van der Waals surface area contributed by atoms with Crippen molar-refractivity contribution in [1.82, 2.24) is 0 Å². The van der Waals surface area contributed by atoms with E-state index >= 15 is 0 Å². The van der Waals surface area contributed by atoms with Gasteiger partial charge in [-0.15, -0.1) is 0 Å². The highest BCUT2D eigenvalue weighted by Crippen LogP contribution is 2.35. The van der Waals surface area contributed by atoms with Crippen LogP contribution in [0.5, 0.6) is 0 Å². The second-order valence-corrected chi connectivity index (χ2v) is 3.75. The van der Waals surface area contributed by atoms with Gasteiger partial charge in [-0.3, -0.25) is 0 Å². The van der Waals surface area contributed by atoms with Crippen molar-refractivity contribution in [2.75, 3.05) is 0 Å². The first kappa shape index (κ1) is 8.76. The van der Waals surface area contributed by atoms with E-state index in [9.17, 15) is 5.11 Å². The third-order valence-electron chi connectivity index (χ3n) is 2.83. The Morgan fingerprint density at radius 2 is 1.62 bits per heavy atom. The Bertz CT molecular complexity index is 247. The van der Waals surface area contributed by atoms with Gasteiger partial charge in [0.15, 0.2) is 0 Å². The van der Waals surface area contributed by atoms with E-state index in [-0.39, 0.29) is 0 Å². The summed E-state index contributed by atoms with van der Waals surface area (Å²) < 4.78 is 0. The van der Waals surface area contributed by atoms with Crippen LogP contribution in [0.4, 0.5) is 0 Å². The quantitative estimate of drug-likeness (QED) is 0.694. The van der Waals surface area contributed by atoms with Crippen LogP contribution in [0.3, 0.4) is 0 Å². The zero-order valence-corrected chi connectivity index (χ0v) is 7.74. The Kier molecular flexibility index (Phi) is 2.65. The lowest BCUT2D eigenvalue weighted by molar-refractivity contribution is 0.228. The topological polar surface area (TPSA) is 20.2 Å². The summed E-state index contributed by atoms with van der Waals surface area (Å²) in [5.41, 5.74) is 1.43. The van der Waals surface area contributed by atoms with Gasteiger partial charge >= 0.3 is 0 Å². The average molecular weight is 175 g/mol. The normalized spacial score (nSPS) is 20.4. The van der Waals surface area contributed by atoms with Gasteiger partial charge in [0.2, 0.25) is 0 Å². The zero-order chi connectivity index (χ0) is 9.10. The molecule has 69 valence electrons. The van der Waals surface area contributed by atoms with Crippen LogP contribution in [0.2, 0.25) is 0 Å². The van der Waals surface area contributed by atoms with E-state index in [2.05, 4.69) is 30.3 Å². The molecule has 1 nitrogen and oxygen atoms in total. The highest BCUT2D eigenvalue weighted by atomic mass is 16.3. The maximum Gasteiger partial charge on any atom is 0.0933 e. The van der Waals surface area contributed by atoms with Crippen molar-refractivity contribution in [2.45, 2.75) is 31.6 Å². The highest BCUT2D eigenvalue weighted by Gasteiger charge is 2.20. The second kappa shape index (κ2) is 3.93. The summed E-state index contributed by atoms with van der Waals surface area (Å²) in [7, 11) is 0. The smallest absolute Gasteiger partial charge is 0.0933 e. The molecule has 13 heavy (non-hydrogen) atoms. The van der Waals surface area contributed by atoms with Crippen molar-refractivity contribution in [3.63, 3.8) is 0 Å². The van der Waals surface area contributed by atoms with E-state index in [0.717, 1.165) is 25.7 Å². The molecule has 1 fully saturated rings. The van der Waals surface area contributed by atoms with Crippen LogP contribution in [-0.2, 0) is 0 Å². The molecule has 1 aliphatic carbocycles. The number of hydrogen-bond acceptors (Lipinski definition) is 1. The predicted octanol–water partition coefficient (Wildman–Crippen LogP) is 3.25. The van der Waals surface area contributed by atoms with Gasteiger partial charge in [0.1, 0.15) is 0 Å². The van der Waals surface area contributed by atoms with Gasteiger partial charge in [-0.25, -0.2) is 0 Å².